The van der Waals surface area contributed by atoms with E-state index < -0.39 is 11.0 Å². The number of nitro benzene ring substituents is 1. The summed E-state index contributed by atoms with van der Waals surface area (Å²) < 4.78 is 16.8. The summed E-state index contributed by atoms with van der Waals surface area (Å²) in [5.41, 5.74) is 0.613. The van der Waals surface area contributed by atoms with Crippen molar-refractivity contribution in [2.45, 2.75) is 20.8 Å². The molecule has 0 saturated heterocycles. The monoisotopic (exact) mass is 389 g/mol. The number of carbonyl (C=O) groups excluding carboxylic acids is 1. The molecule has 9 heteroatoms. The zero-order chi connectivity index (χ0) is 20.5. The van der Waals surface area contributed by atoms with Crippen LogP contribution in [-0.4, -0.2) is 30.8 Å². The predicted molar refractivity (Wildman–Crippen MR) is 106 cm³/mol. The van der Waals surface area contributed by atoms with Crippen LogP contribution >= 0.6 is 0 Å². The third-order valence-corrected chi connectivity index (χ3v) is 3.48. The number of nitrogens with one attached hydrogen (secondary N) is 2. The molecule has 2 aromatic carbocycles. The summed E-state index contributed by atoms with van der Waals surface area (Å²) in [6.07, 6.45) is 0. The maximum absolute atomic E-state index is 12.3. The lowest BCUT2D eigenvalue weighted by atomic mass is 10.2. The number of carbonyl (C=O) groups is 1. The SMILES string of the molecule is CCOc1cc(NC(=O)Nc2cccc([N+](=O)[O-])c2)cc(OCC)c1OCC. The molecule has 2 amide bonds. The Morgan fingerprint density at radius 2 is 1.50 bits per heavy atom. The number of non-ortho nitro benzene ring substituents is 1. The highest BCUT2D eigenvalue weighted by atomic mass is 16.6. The Morgan fingerprint density at radius 3 is 2.04 bits per heavy atom. The number of hydrogen-bond donors (Lipinski definition) is 2. The van der Waals surface area contributed by atoms with Crippen molar-refractivity contribution in [3.05, 3.63) is 46.5 Å². The second-order valence-corrected chi connectivity index (χ2v) is 5.49. The molecule has 0 spiro atoms. The molecule has 0 bridgehead atoms. The molecule has 2 N–H and O–H groups in total. The molecule has 150 valence electrons. The molecule has 0 saturated carbocycles. The third kappa shape index (κ3) is 5.50. The molecule has 9 nitrogen and oxygen atoms in total. The molecule has 0 radical (unpaired) electrons. The predicted octanol–water partition coefficient (Wildman–Crippen LogP) is 4.43. The number of amides is 2. The highest BCUT2D eigenvalue weighted by Gasteiger charge is 2.16. The van der Waals surface area contributed by atoms with Gasteiger partial charge in [-0.15, -0.1) is 0 Å². The van der Waals surface area contributed by atoms with Gasteiger partial charge >= 0.3 is 6.03 Å². The Labute approximate surface area is 162 Å². The van der Waals surface area contributed by atoms with E-state index in [9.17, 15) is 14.9 Å². The first-order chi connectivity index (χ1) is 13.5. The smallest absolute Gasteiger partial charge is 0.323 e. The van der Waals surface area contributed by atoms with Gasteiger partial charge in [-0.2, -0.15) is 0 Å². The lowest BCUT2D eigenvalue weighted by Crippen LogP contribution is -2.19. The quantitative estimate of drug-likeness (QED) is 0.484. The van der Waals surface area contributed by atoms with Gasteiger partial charge in [-0.3, -0.25) is 10.1 Å². The lowest BCUT2D eigenvalue weighted by Gasteiger charge is -2.17. The van der Waals surface area contributed by atoms with E-state index >= 15 is 0 Å². The number of nitro groups is 1. The first-order valence-electron chi connectivity index (χ1n) is 8.87. The van der Waals surface area contributed by atoms with Gasteiger partial charge in [0.25, 0.3) is 5.69 Å². The van der Waals surface area contributed by atoms with E-state index in [2.05, 4.69) is 10.6 Å². The van der Waals surface area contributed by atoms with Crippen LogP contribution in [0.2, 0.25) is 0 Å². The number of hydrogen-bond acceptors (Lipinski definition) is 6. The van der Waals surface area contributed by atoms with Crippen LogP contribution in [0.5, 0.6) is 17.2 Å². The maximum atomic E-state index is 12.3. The zero-order valence-corrected chi connectivity index (χ0v) is 16.0. The van der Waals surface area contributed by atoms with E-state index in [0.29, 0.717) is 48.4 Å². The second-order valence-electron chi connectivity index (χ2n) is 5.49. The van der Waals surface area contributed by atoms with E-state index in [4.69, 9.17) is 14.2 Å². The van der Waals surface area contributed by atoms with E-state index in [0.717, 1.165) is 0 Å². The molecule has 0 aliphatic carbocycles. The van der Waals surface area contributed by atoms with Gasteiger partial charge in [-0.1, -0.05) is 6.07 Å². The molecule has 2 rings (SSSR count). The summed E-state index contributed by atoms with van der Waals surface area (Å²) in [6, 6.07) is 8.36. The average molecular weight is 389 g/mol. The highest BCUT2D eigenvalue weighted by molar-refractivity contribution is 6.00. The van der Waals surface area contributed by atoms with E-state index in [1.807, 2.05) is 20.8 Å². The number of urea groups is 1. The van der Waals surface area contributed by atoms with Gasteiger partial charge in [0.2, 0.25) is 5.75 Å². The van der Waals surface area contributed by atoms with Gasteiger partial charge in [0, 0.05) is 30.0 Å². The average Bonchev–Trinajstić information content (AvgIpc) is 2.65. The minimum absolute atomic E-state index is 0.115. The Hall–Kier alpha value is -3.49. The van der Waals surface area contributed by atoms with Gasteiger partial charge in [-0.25, -0.2) is 4.79 Å². The summed E-state index contributed by atoms with van der Waals surface area (Å²) in [4.78, 5) is 22.6. The van der Waals surface area contributed by atoms with Crippen molar-refractivity contribution in [1.29, 1.82) is 0 Å². The molecule has 0 heterocycles. The number of ether oxygens (including phenoxy) is 3. The fourth-order valence-corrected chi connectivity index (χ4v) is 2.45. The van der Waals surface area contributed by atoms with E-state index in [-0.39, 0.29) is 5.69 Å². The fourth-order valence-electron chi connectivity index (χ4n) is 2.45. The molecule has 28 heavy (non-hydrogen) atoms. The second kappa shape index (κ2) is 10.0. The molecule has 0 atom stereocenters. The van der Waals surface area contributed by atoms with Crippen LogP contribution in [0.25, 0.3) is 0 Å². The number of nitrogens with zero attached hydrogens (tertiary/aromatic N) is 1. The molecular formula is C19H23N3O6. The number of benzene rings is 2. The van der Waals surface area contributed by atoms with E-state index in [1.54, 1.807) is 18.2 Å². The zero-order valence-electron chi connectivity index (χ0n) is 16.0. The van der Waals surface area contributed by atoms with Crippen molar-refractivity contribution in [3.8, 4) is 17.2 Å². The summed E-state index contributed by atoms with van der Waals surface area (Å²) in [6.45, 7) is 6.78. The van der Waals surface area contributed by atoms with Gasteiger partial charge in [0.15, 0.2) is 11.5 Å². The molecule has 0 unspecified atom stereocenters. The molecule has 0 aliphatic rings. The molecule has 0 fully saturated rings. The van der Waals surface area contributed by atoms with Crippen LogP contribution in [-0.2, 0) is 0 Å². The van der Waals surface area contributed by atoms with Gasteiger partial charge in [0.05, 0.1) is 30.4 Å². The summed E-state index contributed by atoms with van der Waals surface area (Å²) >= 11 is 0. The first kappa shape index (κ1) is 20.8. The van der Waals surface area contributed by atoms with Crippen LogP contribution < -0.4 is 24.8 Å². The molecule has 0 aliphatic heterocycles. The summed E-state index contributed by atoms with van der Waals surface area (Å²) in [5.74, 6) is 1.36. The number of anilines is 2. The van der Waals surface area contributed by atoms with E-state index in [1.165, 1.54) is 18.2 Å². The topological polar surface area (TPSA) is 112 Å². The van der Waals surface area contributed by atoms with Crippen LogP contribution in [0, 0.1) is 10.1 Å². The first-order valence-corrected chi connectivity index (χ1v) is 8.87. The number of rotatable bonds is 9. The molecular weight excluding hydrogens is 366 g/mol. The fraction of sp³-hybridized carbons (Fsp3) is 0.316. The van der Waals surface area contributed by atoms with Crippen molar-refractivity contribution in [1.82, 2.24) is 0 Å². The minimum Gasteiger partial charge on any atom is -0.490 e. The van der Waals surface area contributed by atoms with Crippen molar-refractivity contribution >= 4 is 23.1 Å². The van der Waals surface area contributed by atoms with Gasteiger partial charge in [0.1, 0.15) is 0 Å². The largest absolute Gasteiger partial charge is 0.490 e. The van der Waals surface area contributed by atoms with Gasteiger partial charge < -0.3 is 24.8 Å². The van der Waals surface area contributed by atoms with Crippen LogP contribution in [0.4, 0.5) is 21.9 Å². The highest BCUT2D eigenvalue weighted by Crippen LogP contribution is 2.40. The Bertz CT molecular complexity index is 813. The lowest BCUT2D eigenvalue weighted by molar-refractivity contribution is -0.384. The summed E-state index contributed by atoms with van der Waals surface area (Å²) in [5, 5.41) is 16.1. The van der Waals surface area contributed by atoms with Crippen molar-refractivity contribution in [2.75, 3.05) is 30.5 Å². The third-order valence-electron chi connectivity index (χ3n) is 3.48. The Kier molecular flexibility index (Phi) is 7.44. The Morgan fingerprint density at radius 1 is 0.929 bits per heavy atom. The van der Waals surface area contributed by atoms with Crippen molar-refractivity contribution in [3.63, 3.8) is 0 Å². The van der Waals surface area contributed by atoms with Crippen LogP contribution in [0.1, 0.15) is 20.8 Å². The van der Waals surface area contributed by atoms with Crippen LogP contribution in [0.15, 0.2) is 36.4 Å². The van der Waals surface area contributed by atoms with Crippen molar-refractivity contribution in [2.24, 2.45) is 0 Å². The Balaban J connectivity index is 2.23. The van der Waals surface area contributed by atoms with Gasteiger partial charge in [-0.05, 0) is 26.8 Å². The normalized spacial score (nSPS) is 10.1. The maximum Gasteiger partial charge on any atom is 0.323 e. The minimum atomic E-state index is -0.561. The van der Waals surface area contributed by atoms with Crippen molar-refractivity contribution < 1.29 is 23.9 Å². The standard InChI is InChI=1S/C19H23N3O6/c1-4-26-16-11-14(12-17(27-5-2)18(16)28-6-3)21-19(23)20-13-8-7-9-15(10-13)22(24)25/h7-12H,4-6H2,1-3H3,(H2,20,21,23). The molecule has 0 aromatic heterocycles. The summed E-state index contributed by atoms with van der Waals surface area (Å²) in [7, 11) is 0. The molecule has 2 aromatic rings. The van der Waals surface area contributed by atoms with Crippen LogP contribution in [0.3, 0.4) is 0 Å².